The van der Waals surface area contributed by atoms with Crippen LogP contribution in [0, 0.1) is 0 Å². The second kappa shape index (κ2) is 9.37. The third kappa shape index (κ3) is 5.91. The van der Waals surface area contributed by atoms with Gasteiger partial charge in [-0.2, -0.15) is 11.3 Å². The summed E-state index contributed by atoms with van der Waals surface area (Å²) in [6, 6.07) is 2.11. The molecule has 0 radical (unpaired) electrons. The summed E-state index contributed by atoms with van der Waals surface area (Å²) in [6.07, 6.45) is 0. The third-order valence-corrected chi connectivity index (χ3v) is 4.43. The van der Waals surface area contributed by atoms with Gasteiger partial charge in [-0.1, -0.05) is 13.8 Å². The van der Waals surface area contributed by atoms with Crippen LogP contribution < -0.4 is 10.6 Å². The molecule has 0 saturated heterocycles. The van der Waals surface area contributed by atoms with Crippen molar-refractivity contribution in [3.63, 3.8) is 0 Å². The third-order valence-electron chi connectivity index (χ3n) is 2.83. The molecule has 116 valence electrons. The van der Waals surface area contributed by atoms with Crippen molar-refractivity contribution < 1.29 is 0 Å². The van der Waals surface area contributed by atoms with Gasteiger partial charge in [-0.25, -0.2) is 4.98 Å². The fraction of sp³-hybridized carbons (Fsp3) is 0.429. The van der Waals surface area contributed by atoms with Crippen molar-refractivity contribution in [2.45, 2.75) is 32.9 Å². The van der Waals surface area contributed by atoms with E-state index in [1.165, 1.54) is 5.56 Å². The average molecular weight is 436 g/mol. The monoisotopic (exact) mass is 436 g/mol. The number of nitrogens with zero attached hydrogens (tertiary/aromatic N) is 2. The van der Waals surface area contributed by atoms with E-state index in [1.807, 2.05) is 0 Å². The number of hydrogen-bond donors (Lipinski definition) is 2. The van der Waals surface area contributed by atoms with Crippen molar-refractivity contribution in [1.29, 1.82) is 0 Å². The second-order valence-electron chi connectivity index (χ2n) is 4.73. The van der Waals surface area contributed by atoms with E-state index in [-0.39, 0.29) is 24.0 Å². The topological polar surface area (TPSA) is 49.3 Å². The molecule has 4 nitrogen and oxygen atoms in total. The normalized spacial score (nSPS) is 11.3. The zero-order valence-corrected chi connectivity index (χ0v) is 16.4. The summed E-state index contributed by atoms with van der Waals surface area (Å²) in [7, 11) is 1.78. The number of hydrogen-bond acceptors (Lipinski definition) is 4. The molecule has 0 unspecified atom stereocenters. The highest BCUT2D eigenvalue weighted by Crippen LogP contribution is 2.17. The number of guanidine groups is 1. The van der Waals surface area contributed by atoms with Crippen molar-refractivity contribution >= 4 is 52.6 Å². The van der Waals surface area contributed by atoms with Gasteiger partial charge in [-0.05, 0) is 28.3 Å². The lowest BCUT2D eigenvalue weighted by molar-refractivity contribution is 0.786. The average Bonchev–Trinajstić information content (AvgIpc) is 3.10. The van der Waals surface area contributed by atoms with Gasteiger partial charge < -0.3 is 10.6 Å². The van der Waals surface area contributed by atoms with E-state index in [0.717, 1.165) is 23.2 Å². The first kappa shape index (κ1) is 18.4. The highest BCUT2D eigenvalue weighted by Gasteiger charge is 2.06. The van der Waals surface area contributed by atoms with Crippen LogP contribution in [0.5, 0.6) is 0 Å². The number of nitrogens with one attached hydrogen (secondary N) is 2. The number of halogens is 1. The molecule has 2 aromatic rings. The molecular weight excluding hydrogens is 415 g/mol. The standard InChI is InChI=1S/C14H20N4S2.HI/c1-10(2)12-9-20-13(18-12)7-17-14(15-3)16-6-11-4-5-19-8-11;/h4-5,8-10H,6-7H2,1-3H3,(H2,15,16,17);1H. The fourth-order valence-electron chi connectivity index (χ4n) is 1.63. The van der Waals surface area contributed by atoms with Crippen LogP contribution in [-0.2, 0) is 13.1 Å². The Morgan fingerprint density at radius 1 is 1.29 bits per heavy atom. The smallest absolute Gasteiger partial charge is 0.191 e. The first-order chi connectivity index (χ1) is 9.69. The molecule has 0 fully saturated rings. The molecule has 2 N–H and O–H groups in total. The summed E-state index contributed by atoms with van der Waals surface area (Å²) in [5, 5.41) is 14.0. The van der Waals surface area contributed by atoms with E-state index in [1.54, 1.807) is 29.7 Å². The molecular formula is C14H21IN4S2. The Morgan fingerprint density at radius 3 is 2.62 bits per heavy atom. The minimum atomic E-state index is 0. The molecule has 0 aromatic carbocycles. The molecule has 0 amide bonds. The Morgan fingerprint density at radius 2 is 2.05 bits per heavy atom. The van der Waals surface area contributed by atoms with Gasteiger partial charge in [-0.3, -0.25) is 4.99 Å². The lowest BCUT2D eigenvalue weighted by atomic mass is 10.2. The van der Waals surface area contributed by atoms with E-state index in [9.17, 15) is 0 Å². The molecule has 0 aliphatic rings. The Hall–Kier alpha value is -0.670. The molecule has 0 atom stereocenters. The lowest BCUT2D eigenvalue weighted by Gasteiger charge is -2.10. The summed E-state index contributed by atoms with van der Waals surface area (Å²) in [5.41, 5.74) is 2.43. The van der Waals surface area contributed by atoms with Gasteiger partial charge in [0.25, 0.3) is 0 Å². The van der Waals surface area contributed by atoms with Crippen molar-refractivity contribution in [3.05, 3.63) is 38.5 Å². The van der Waals surface area contributed by atoms with Crippen LogP contribution >= 0.6 is 46.7 Å². The minimum Gasteiger partial charge on any atom is -0.352 e. The molecule has 2 heterocycles. The van der Waals surface area contributed by atoms with Gasteiger partial charge in [0.1, 0.15) is 5.01 Å². The van der Waals surface area contributed by atoms with Crippen LogP contribution in [0.1, 0.15) is 36.0 Å². The Labute approximate surface area is 151 Å². The van der Waals surface area contributed by atoms with E-state index in [0.29, 0.717) is 12.5 Å². The molecule has 7 heteroatoms. The van der Waals surface area contributed by atoms with E-state index in [4.69, 9.17) is 0 Å². The highest BCUT2D eigenvalue weighted by molar-refractivity contribution is 14.0. The van der Waals surface area contributed by atoms with Gasteiger partial charge in [0, 0.05) is 19.0 Å². The lowest BCUT2D eigenvalue weighted by Crippen LogP contribution is -2.36. The van der Waals surface area contributed by atoms with Crippen molar-refractivity contribution in [2.24, 2.45) is 4.99 Å². The predicted molar refractivity (Wildman–Crippen MR) is 103 cm³/mol. The molecule has 0 bridgehead atoms. The largest absolute Gasteiger partial charge is 0.352 e. The summed E-state index contributed by atoms with van der Waals surface area (Å²) in [5.74, 6) is 1.29. The number of thiazole rings is 1. The van der Waals surface area contributed by atoms with E-state index >= 15 is 0 Å². The van der Waals surface area contributed by atoms with Crippen LogP contribution in [-0.4, -0.2) is 18.0 Å². The summed E-state index contributed by atoms with van der Waals surface area (Å²) < 4.78 is 0. The molecule has 21 heavy (non-hydrogen) atoms. The molecule has 2 aromatic heterocycles. The zero-order chi connectivity index (χ0) is 14.4. The van der Waals surface area contributed by atoms with Crippen LogP contribution in [0.25, 0.3) is 0 Å². The highest BCUT2D eigenvalue weighted by atomic mass is 127. The second-order valence-corrected chi connectivity index (χ2v) is 6.45. The summed E-state index contributed by atoms with van der Waals surface area (Å²) >= 11 is 3.40. The maximum Gasteiger partial charge on any atom is 0.191 e. The van der Waals surface area contributed by atoms with Crippen LogP contribution in [0.2, 0.25) is 0 Å². The quantitative estimate of drug-likeness (QED) is 0.426. The van der Waals surface area contributed by atoms with E-state index in [2.05, 4.69) is 56.7 Å². The number of rotatable bonds is 5. The zero-order valence-electron chi connectivity index (χ0n) is 12.4. The first-order valence-corrected chi connectivity index (χ1v) is 8.41. The predicted octanol–water partition coefficient (Wildman–Crippen LogP) is 3.81. The maximum absolute atomic E-state index is 4.60. The van der Waals surface area contributed by atoms with E-state index < -0.39 is 0 Å². The fourth-order valence-corrected chi connectivity index (χ4v) is 3.19. The Bertz CT molecular complexity index is 549. The van der Waals surface area contributed by atoms with Crippen LogP contribution in [0.4, 0.5) is 0 Å². The molecule has 0 spiro atoms. The molecule has 0 saturated carbocycles. The maximum atomic E-state index is 4.60. The van der Waals surface area contributed by atoms with Crippen LogP contribution in [0.3, 0.4) is 0 Å². The van der Waals surface area contributed by atoms with Crippen molar-refractivity contribution in [2.75, 3.05) is 7.05 Å². The van der Waals surface area contributed by atoms with Gasteiger partial charge in [0.05, 0.1) is 12.2 Å². The number of thiophene rings is 1. The van der Waals surface area contributed by atoms with Crippen molar-refractivity contribution in [3.8, 4) is 0 Å². The number of aliphatic imine (C=N–C) groups is 1. The Kier molecular flexibility index (Phi) is 8.20. The minimum absolute atomic E-state index is 0. The van der Waals surface area contributed by atoms with Crippen molar-refractivity contribution in [1.82, 2.24) is 15.6 Å². The van der Waals surface area contributed by atoms with Gasteiger partial charge in [0.15, 0.2) is 5.96 Å². The number of aromatic nitrogens is 1. The van der Waals surface area contributed by atoms with Gasteiger partial charge >= 0.3 is 0 Å². The summed E-state index contributed by atoms with van der Waals surface area (Å²) in [6.45, 7) is 5.82. The first-order valence-electron chi connectivity index (χ1n) is 6.59. The Balaban J connectivity index is 0.00000220. The molecule has 2 rings (SSSR count). The van der Waals surface area contributed by atoms with Gasteiger partial charge in [0.2, 0.25) is 0 Å². The van der Waals surface area contributed by atoms with Gasteiger partial charge in [-0.15, -0.1) is 35.3 Å². The van der Waals surface area contributed by atoms with Crippen LogP contribution in [0.15, 0.2) is 27.2 Å². The molecule has 0 aliphatic heterocycles. The summed E-state index contributed by atoms with van der Waals surface area (Å²) in [4.78, 5) is 8.82. The SMILES string of the molecule is CN=C(NCc1ccsc1)NCc1nc(C(C)C)cs1.I. The molecule has 0 aliphatic carbocycles.